The minimum atomic E-state index is -0.399. The Bertz CT molecular complexity index is 825. The molecule has 4 rings (SSSR count). The van der Waals surface area contributed by atoms with Crippen molar-refractivity contribution in [1.82, 2.24) is 10.2 Å². The van der Waals surface area contributed by atoms with E-state index in [4.69, 9.17) is 4.74 Å². The first-order valence-electron chi connectivity index (χ1n) is 9.07. The fourth-order valence-electron chi connectivity index (χ4n) is 4.01. The standard InChI is InChI=1S/C21H23FN2O2/c1-24-12-11-21(20(24)25)10-9-19(23-21)15-6-4-7-17(13-15)26-14-16-5-2-3-8-18(16)22/h2-8,13,19,23H,9-12,14H2,1H3/t19-,21-/m1/s1. The van der Waals surface area contributed by atoms with Gasteiger partial charge < -0.3 is 9.64 Å². The fourth-order valence-corrected chi connectivity index (χ4v) is 4.01. The molecule has 0 saturated carbocycles. The molecule has 1 amide bonds. The van der Waals surface area contributed by atoms with Crippen molar-refractivity contribution >= 4 is 5.91 Å². The molecular formula is C21H23FN2O2. The molecule has 2 aromatic carbocycles. The van der Waals surface area contributed by atoms with Crippen LogP contribution in [0.2, 0.25) is 0 Å². The quantitative estimate of drug-likeness (QED) is 0.915. The highest BCUT2D eigenvalue weighted by Crippen LogP contribution is 2.39. The second kappa shape index (κ2) is 6.72. The minimum absolute atomic E-state index is 0.141. The van der Waals surface area contributed by atoms with Crippen LogP contribution < -0.4 is 10.1 Å². The van der Waals surface area contributed by atoms with Gasteiger partial charge in [0.25, 0.3) is 0 Å². The fraction of sp³-hybridized carbons (Fsp3) is 0.381. The molecule has 2 aromatic rings. The molecule has 2 heterocycles. The summed E-state index contributed by atoms with van der Waals surface area (Å²) < 4.78 is 19.5. The summed E-state index contributed by atoms with van der Waals surface area (Å²) in [4.78, 5) is 14.3. The van der Waals surface area contributed by atoms with E-state index in [1.807, 2.05) is 30.1 Å². The second-order valence-electron chi connectivity index (χ2n) is 7.25. The van der Waals surface area contributed by atoms with Gasteiger partial charge in [-0.15, -0.1) is 0 Å². The summed E-state index contributed by atoms with van der Waals surface area (Å²) in [5, 5.41) is 3.57. The molecule has 0 aliphatic carbocycles. The number of rotatable bonds is 4. The molecule has 2 aliphatic heterocycles. The van der Waals surface area contributed by atoms with Gasteiger partial charge >= 0.3 is 0 Å². The van der Waals surface area contributed by atoms with E-state index in [9.17, 15) is 9.18 Å². The lowest BCUT2D eigenvalue weighted by atomic mass is 9.96. The van der Waals surface area contributed by atoms with Gasteiger partial charge in [-0.05, 0) is 43.0 Å². The monoisotopic (exact) mass is 354 g/mol. The molecule has 4 nitrogen and oxygen atoms in total. The van der Waals surface area contributed by atoms with E-state index in [0.29, 0.717) is 11.3 Å². The average Bonchev–Trinajstić information content (AvgIpc) is 3.21. The van der Waals surface area contributed by atoms with Gasteiger partial charge in [0.1, 0.15) is 23.7 Å². The van der Waals surface area contributed by atoms with Crippen molar-refractivity contribution in [2.75, 3.05) is 13.6 Å². The van der Waals surface area contributed by atoms with Crippen LogP contribution in [0.5, 0.6) is 5.75 Å². The number of benzene rings is 2. The van der Waals surface area contributed by atoms with E-state index in [1.165, 1.54) is 6.07 Å². The van der Waals surface area contributed by atoms with E-state index in [1.54, 1.807) is 18.2 Å². The number of hydrogen-bond acceptors (Lipinski definition) is 3. The molecule has 0 radical (unpaired) electrons. The predicted molar refractivity (Wildman–Crippen MR) is 97.3 cm³/mol. The molecular weight excluding hydrogens is 331 g/mol. The van der Waals surface area contributed by atoms with Crippen LogP contribution >= 0.6 is 0 Å². The van der Waals surface area contributed by atoms with E-state index in [2.05, 4.69) is 11.4 Å². The largest absolute Gasteiger partial charge is 0.489 e. The van der Waals surface area contributed by atoms with Crippen molar-refractivity contribution in [3.05, 3.63) is 65.5 Å². The minimum Gasteiger partial charge on any atom is -0.489 e. The lowest BCUT2D eigenvalue weighted by molar-refractivity contribution is -0.131. The van der Waals surface area contributed by atoms with Crippen molar-refractivity contribution in [3.8, 4) is 5.75 Å². The first-order chi connectivity index (χ1) is 12.6. The number of likely N-dealkylation sites (tertiary alicyclic amines) is 1. The zero-order valence-electron chi connectivity index (χ0n) is 14.9. The first-order valence-corrected chi connectivity index (χ1v) is 9.07. The maximum atomic E-state index is 13.7. The molecule has 2 saturated heterocycles. The molecule has 2 aliphatic rings. The van der Waals surface area contributed by atoms with Crippen molar-refractivity contribution in [2.45, 2.75) is 37.5 Å². The Kier molecular flexibility index (Phi) is 4.41. The Morgan fingerprint density at radius 1 is 1.23 bits per heavy atom. The van der Waals surface area contributed by atoms with Crippen LogP contribution in [0.3, 0.4) is 0 Å². The number of nitrogens with zero attached hydrogens (tertiary/aromatic N) is 1. The molecule has 1 spiro atoms. The van der Waals surface area contributed by atoms with Crippen LogP contribution in [0.25, 0.3) is 0 Å². The summed E-state index contributed by atoms with van der Waals surface area (Å²) in [5.74, 6) is 0.655. The van der Waals surface area contributed by atoms with Gasteiger partial charge in [-0.25, -0.2) is 4.39 Å². The third-order valence-electron chi connectivity index (χ3n) is 5.55. The van der Waals surface area contributed by atoms with Gasteiger partial charge in [0.2, 0.25) is 5.91 Å². The Labute approximate surface area is 153 Å². The molecule has 26 heavy (non-hydrogen) atoms. The maximum Gasteiger partial charge on any atom is 0.242 e. The first kappa shape index (κ1) is 17.0. The van der Waals surface area contributed by atoms with Crippen LogP contribution in [0.15, 0.2) is 48.5 Å². The number of amides is 1. The Morgan fingerprint density at radius 3 is 2.85 bits per heavy atom. The Morgan fingerprint density at radius 2 is 2.08 bits per heavy atom. The predicted octanol–water partition coefficient (Wildman–Crippen LogP) is 3.43. The number of nitrogens with one attached hydrogen (secondary N) is 1. The Hall–Kier alpha value is -2.40. The van der Waals surface area contributed by atoms with Gasteiger partial charge in [0, 0.05) is 25.2 Å². The third-order valence-corrected chi connectivity index (χ3v) is 5.55. The summed E-state index contributed by atoms with van der Waals surface area (Å²) >= 11 is 0. The number of halogens is 1. The molecule has 2 fully saturated rings. The highest BCUT2D eigenvalue weighted by Gasteiger charge is 2.49. The summed E-state index contributed by atoms with van der Waals surface area (Å²) in [6.45, 7) is 1.01. The topological polar surface area (TPSA) is 41.6 Å². The van der Waals surface area contributed by atoms with Crippen molar-refractivity contribution in [3.63, 3.8) is 0 Å². The van der Waals surface area contributed by atoms with E-state index < -0.39 is 5.54 Å². The molecule has 5 heteroatoms. The number of likely N-dealkylation sites (N-methyl/N-ethyl adjacent to an activating group) is 1. The van der Waals surface area contributed by atoms with E-state index >= 15 is 0 Å². The highest BCUT2D eigenvalue weighted by atomic mass is 19.1. The van der Waals surface area contributed by atoms with Crippen LogP contribution in [0, 0.1) is 5.82 Å². The average molecular weight is 354 g/mol. The SMILES string of the molecule is CN1CC[C@]2(CC[C@H](c3cccc(OCc4ccccc4F)c3)N2)C1=O. The molecule has 0 aromatic heterocycles. The molecule has 0 unspecified atom stereocenters. The second-order valence-corrected chi connectivity index (χ2v) is 7.25. The van der Waals surface area contributed by atoms with Gasteiger partial charge in [0.15, 0.2) is 0 Å². The van der Waals surface area contributed by atoms with Gasteiger partial charge in [-0.3, -0.25) is 10.1 Å². The molecule has 1 N–H and O–H groups in total. The van der Waals surface area contributed by atoms with Crippen LogP contribution in [-0.2, 0) is 11.4 Å². The van der Waals surface area contributed by atoms with Crippen molar-refractivity contribution < 1.29 is 13.9 Å². The third kappa shape index (κ3) is 3.07. The number of ether oxygens (including phenoxy) is 1. The maximum absolute atomic E-state index is 13.7. The van der Waals surface area contributed by atoms with Gasteiger partial charge in [0.05, 0.1) is 0 Å². The Balaban J connectivity index is 1.45. The lowest BCUT2D eigenvalue weighted by Crippen LogP contribution is -2.47. The normalized spacial score (nSPS) is 25.2. The summed E-state index contributed by atoms with van der Waals surface area (Å²) in [6.07, 6.45) is 2.65. The number of carbonyl (C=O) groups is 1. The number of hydrogen-bond donors (Lipinski definition) is 1. The van der Waals surface area contributed by atoms with Gasteiger partial charge in [-0.2, -0.15) is 0 Å². The van der Waals surface area contributed by atoms with Crippen LogP contribution in [0.4, 0.5) is 4.39 Å². The van der Waals surface area contributed by atoms with Crippen molar-refractivity contribution in [2.24, 2.45) is 0 Å². The smallest absolute Gasteiger partial charge is 0.242 e. The summed E-state index contributed by atoms with van der Waals surface area (Å²) in [7, 11) is 1.86. The molecule has 0 bridgehead atoms. The summed E-state index contributed by atoms with van der Waals surface area (Å²) in [5.41, 5.74) is 1.24. The van der Waals surface area contributed by atoms with Crippen molar-refractivity contribution in [1.29, 1.82) is 0 Å². The van der Waals surface area contributed by atoms with E-state index in [-0.39, 0.29) is 24.4 Å². The highest BCUT2D eigenvalue weighted by molar-refractivity contribution is 5.88. The van der Waals surface area contributed by atoms with Gasteiger partial charge in [-0.1, -0.05) is 30.3 Å². The molecule has 2 atom stereocenters. The zero-order valence-corrected chi connectivity index (χ0v) is 14.9. The van der Waals surface area contributed by atoms with Crippen LogP contribution in [0.1, 0.15) is 36.4 Å². The summed E-state index contributed by atoms with van der Waals surface area (Å²) in [6, 6.07) is 14.6. The van der Waals surface area contributed by atoms with E-state index in [0.717, 1.165) is 31.4 Å². The molecule has 136 valence electrons. The lowest BCUT2D eigenvalue weighted by Gasteiger charge is -2.23. The number of carbonyl (C=O) groups excluding carboxylic acids is 1. The van der Waals surface area contributed by atoms with Crippen LogP contribution in [-0.4, -0.2) is 29.9 Å². The zero-order chi connectivity index (χ0) is 18.1.